The van der Waals surface area contributed by atoms with E-state index in [2.05, 4.69) is 0 Å². The van der Waals surface area contributed by atoms with Crippen molar-refractivity contribution in [3.63, 3.8) is 0 Å². The molecule has 0 unspecified atom stereocenters. The van der Waals surface area contributed by atoms with Gasteiger partial charge in [0, 0.05) is 6.04 Å². The molecule has 21 heavy (non-hydrogen) atoms. The van der Waals surface area contributed by atoms with Crippen LogP contribution in [0.15, 0.2) is 24.3 Å². The van der Waals surface area contributed by atoms with E-state index in [1.165, 1.54) is 32.1 Å². The summed E-state index contributed by atoms with van der Waals surface area (Å²) in [5.41, 5.74) is 1.22. The molecule has 108 valence electrons. The number of hydrogen-bond donors (Lipinski definition) is 0. The molecular weight excluding hydrogens is 262 g/mol. The molecule has 4 fully saturated rings. The number of benzene rings is 1. The molecule has 3 nitrogen and oxygen atoms in total. The lowest BCUT2D eigenvalue weighted by molar-refractivity contribution is -0.0466. The largest absolute Gasteiger partial charge is 0.271 e. The minimum Gasteiger partial charge on any atom is -0.271 e. The Labute approximate surface area is 124 Å². The predicted molar refractivity (Wildman–Crippen MR) is 77.8 cm³/mol. The quantitative estimate of drug-likeness (QED) is 0.742. The number of nitrogens with zero attached hydrogens (tertiary/aromatic N) is 1. The van der Waals surface area contributed by atoms with Gasteiger partial charge in [0.25, 0.3) is 11.8 Å². The van der Waals surface area contributed by atoms with Crippen molar-refractivity contribution >= 4 is 11.8 Å². The monoisotopic (exact) mass is 281 g/mol. The molecule has 1 heterocycles. The van der Waals surface area contributed by atoms with Crippen LogP contribution in [-0.4, -0.2) is 22.8 Å². The van der Waals surface area contributed by atoms with Gasteiger partial charge in [-0.1, -0.05) is 12.1 Å². The van der Waals surface area contributed by atoms with Gasteiger partial charge in [0.2, 0.25) is 0 Å². The van der Waals surface area contributed by atoms with Gasteiger partial charge in [-0.3, -0.25) is 14.5 Å². The third-order valence-electron chi connectivity index (χ3n) is 6.30. The Bertz CT molecular complexity index is 587. The van der Waals surface area contributed by atoms with E-state index in [-0.39, 0.29) is 17.9 Å². The molecule has 1 aromatic carbocycles. The van der Waals surface area contributed by atoms with Crippen LogP contribution in [0.2, 0.25) is 0 Å². The van der Waals surface area contributed by atoms with Crippen LogP contribution in [0.25, 0.3) is 0 Å². The van der Waals surface area contributed by atoms with Gasteiger partial charge in [0.05, 0.1) is 11.1 Å². The van der Waals surface area contributed by atoms with Gasteiger partial charge in [0.15, 0.2) is 0 Å². The number of carbonyl (C=O) groups is 2. The average molecular weight is 281 g/mol. The van der Waals surface area contributed by atoms with Crippen molar-refractivity contribution in [3.8, 4) is 0 Å². The number of rotatable bonds is 1. The Morgan fingerprint density at radius 1 is 0.762 bits per heavy atom. The highest BCUT2D eigenvalue weighted by Gasteiger charge is 2.54. The molecule has 4 aliphatic carbocycles. The van der Waals surface area contributed by atoms with Crippen LogP contribution in [0, 0.1) is 23.7 Å². The van der Waals surface area contributed by atoms with Crippen molar-refractivity contribution in [2.45, 2.75) is 38.1 Å². The highest BCUT2D eigenvalue weighted by atomic mass is 16.2. The molecule has 2 amide bonds. The van der Waals surface area contributed by atoms with E-state index < -0.39 is 0 Å². The summed E-state index contributed by atoms with van der Waals surface area (Å²) in [6.07, 6.45) is 6.30. The number of fused-ring (bicyclic) bond motifs is 1. The SMILES string of the molecule is O=C1c2ccccc2C(=O)N1C1C2CC3CC(C2)CC1C3. The van der Waals surface area contributed by atoms with Gasteiger partial charge in [-0.15, -0.1) is 0 Å². The Hall–Kier alpha value is -1.64. The van der Waals surface area contributed by atoms with Crippen molar-refractivity contribution < 1.29 is 9.59 Å². The standard InChI is InChI=1S/C18H19NO2/c20-17-14-3-1-2-4-15(14)18(21)19(17)16-12-6-10-5-11(8-12)9-13(16)7-10/h1-4,10-13,16H,5-9H2. The zero-order valence-electron chi connectivity index (χ0n) is 12.0. The molecule has 4 bridgehead atoms. The molecule has 0 aromatic heterocycles. The third kappa shape index (κ3) is 1.49. The fraction of sp³-hybridized carbons (Fsp3) is 0.556. The summed E-state index contributed by atoms with van der Waals surface area (Å²) in [5, 5.41) is 0. The van der Waals surface area contributed by atoms with Gasteiger partial charge in [0.1, 0.15) is 0 Å². The minimum atomic E-state index is -0.0481. The van der Waals surface area contributed by atoms with Crippen molar-refractivity contribution in [3.05, 3.63) is 35.4 Å². The fourth-order valence-electron chi connectivity index (χ4n) is 5.80. The lowest BCUT2D eigenvalue weighted by Gasteiger charge is -2.56. The maximum absolute atomic E-state index is 12.7. The predicted octanol–water partition coefficient (Wildman–Crippen LogP) is 3.11. The number of amides is 2. The van der Waals surface area contributed by atoms with Crippen molar-refractivity contribution in [1.82, 2.24) is 4.90 Å². The topological polar surface area (TPSA) is 37.4 Å². The molecule has 1 aliphatic heterocycles. The maximum atomic E-state index is 12.7. The molecule has 3 heteroatoms. The molecule has 0 atom stereocenters. The average Bonchev–Trinajstić information content (AvgIpc) is 2.72. The van der Waals surface area contributed by atoms with E-state index in [4.69, 9.17) is 0 Å². The Kier molecular flexibility index (Phi) is 2.26. The van der Waals surface area contributed by atoms with E-state index >= 15 is 0 Å². The highest BCUT2D eigenvalue weighted by molar-refractivity contribution is 6.21. The van der Waals surface area contributed by atoms with Crippen LogP contribution >= 0.6 is 0 Å². The van der Waals surface area contributed by atoms with E-state index in [0.29, 0.717) is 23.0 Å². The van der Waals surface area contributed by atoms with Gasteiger partial charge >= 0.3 is 0 Å². The number of carbonyl (C=O) groups excluding carboxylic acids is 2. The van der Waals surface area contributed by atoms with E-state index in [1.54, 1.807) is 17.0 Å². The summed E-state index contributed by atoms with van der Waals surface area (Å²) < 4.78 is 0. The van der Waals surface area contributed by atoms with Crippen molar-refractivity contribution in [2.24, 2.45) is 23.7 Å². The molecule has 0 N–H and O–H groups in total. The second-order valence-electron chi connectivity index (χ2n) is 7.45. The third-order valence-corrected chi connectivity index (χ3v) is 6.30. The summed E-state index contributed by atoms with van der Waals surface area (Å²) in [7, 11) is 0. The first kappa shape index (κ1) is 12.0. The summed E-state index contributed by atoms with van der Waals surface area (Å²) in [6, 6.07) is 7.47. The van der Waals surface area contributed by atoms with Gasteiger partial charge in [-0.2, -0.15) is 0 Å². The number of hydrogen-bond acceptors (Lipinski definition) is 2. The van der Waals surface area contributed by atoms with Crippen molar-refractivity contribution in [1.29, 1.82) is 0 Å². The fourth-order valence-corrected chi connectivity index (χ4v) is 5.80. The van der Waals surface area contributed by atoms with Gasteiger partial charge in [-0.05, 0) is 67.9 Å². The first-order chi connectivity index (χ1) is 10.2. The van der Waals surface area contributed by atoms with Crippen LogP contribution in [0.1, 0.15) is 52.8 Å². The van der Waals surface area contributed by atoms with Gasteiger partial charge < -0.3 is 0 Å². The van der Waals surface area contributed by atoms with Crippen molar-refractivity contribution in [2.75, 3.05) is 0 Å². The summed E-state index contributed by atoms with van der Waals surface area (Å²) in [6.45, 7) is 0. The molecule has 4 saturated carbocycles. The first-order valence-electron chi connectivity index (χ1n) is 8.19. The Morgan fingerprint density at radius 2 is 1.24 bits per heavy atom. The Morgan fingerprint density at radius 3 is 1.71 bits per heavy atom. The second kappa shape index (κ2) is 3.96. The molecule has 6 rings (SSSR count). The Balaban J connectivity index is 1.55. The van der Waals surface area contributed by atoms with Crippen LogP contribution in [0.3, 0.4) is 0 Å². The minimum absolute atomic E-state index is 0.0481. The molecule has 0 radical (unpaired) electrons. The van der Waals surface area contributed by atoms with Crippen LogP contribution < -0.4 is 0 Å². The smallest absolute Gasteiger partial charge is 0.261 e. The van der Waals surface area contributed by atoms with E-state index in [9.17, 15) is 9.59 Å². The van der Waals surface area contributed by atoms with E-state index in [0.717, 1.165) is 11.8 Å². The van der Waals surface area contributed by atoms with Crippen LogP contribution in [0.4, 0.5) is 0 Å². The zero-order valence-corrected chi connectivity index (χ0v) is 12.0. The van der Waals surface area contributed by atoms with Crippen LogP contribution in [0.5, 0.6) is 0 Å². The molecule has 1 aromatic rings. The second-order valence-corrected chi connectivity index (χ2v) is 7.45. The highest BCUT2D eigenvalue weighted by Crippen LogP contribution is 2.55. The van der Waals surface area contributed by atoms with Gasteiger partial charge in [-0.25, -0.2) is 0 Å². The van der Waals surface area contributed by atoms with Crippen LogP contribution in [-0.2, 0) is 0 Å². The molecule has 0 spiro atoms. The number of imide groups is 1. The molecule has 0 saturated heterocycles. The molecule has 5 aliphatic rings. The lowest BCUT2D eigenvalue weighted by atomic mass is 9.54. The summed E-state index contributed by atoms with van der Waals surface area (Å²) >= 11 is 0. The zero-order chi connectivity index (χ0) is 14.1. The normalized spacial score (nSPS) is 40.0. The lowest BCUT2D eigenvalue weighted by Crippen LogP contribution is -2.57. The first-order valence-corrected chi connectivity index (χ1v) is 8.19. The maximum Gasteiger partial charge on any atom is 0.261 e. The summed E-state index contributed by atoms with van der Waals surface area (Å²) in [4.78, 5) is 27.1. The molecular formula is C18H19NO2. The van der Waals surface area contributed by atoms with E-state index in [1.807, 2.05) is 12.1 Å². The summed E-state index contributed by atoms with van der Waals surface area (Å²) in [5.74, 6) is 2.74.